The first-order chi connectivity index (χ1) is 11.9. The second kappa shape index (κ2) is 5.33. The average molecular weight is 321 g/mol. The van der Waals surface area contributed by atoms with E-state index in [0.717, 1.165) is 31.9 Å². The molecule has 2 saturated heterocycles. The second-order valence-corrected chi connectivity index (χ2v) is 7.10. The normalized spacial score (nSPS) is 32.2. The van der Waals surface area contributed by atoms with E-state index in [-0.39, 0.29) is 5.41 Å². The first kappa shape index (κ1) is 14.5. The molecule has 3 aliphatic heterocycles. The summed E-state index contributed by atoms with van der Waals surface area (Å²) in [6.45, 7) is 2.82. The van der Waals surface area contributed by atoms with E-state index >= 15 is 0 Å². The Balaban J connectivity index is 1.74. The SMILES string of the molecule is c1ccc(C23CCOC2(N2CCCCC2)Oc2ccccc23)cc1. The Morgan fingerprint density at radius 2 is 1.58 bits per heavy atom. The number of hydrogen-bond donors (Lipinski definition) is 0. The zero-order chi connectivity index (χ0) is 16.0. The number of fused-ring (bicyclic) bond motifs is 3. The maximum atomic E-state index is 6.62. The van der Waals surface area contributed by atoms with Gasteiger partial charge in [-0.05, 0) is 30.9 Å². The Bertz CT molecular complexity index is 741. The van der Waals surface area contributed by atoms with Gasteiger partial charge in [0.05, 0.1) is 6.61 Å². The topological polar surface area (TPSA) is 21.7 Å². The van der Waals surface area contributed by atoms with E-state index in [1.165, 1.54) is 30.4 Å². The van der Waals surface area contributed by atoms with E-state index < -0.39 is 5.91 Å². The van der Waals surface area contributed by atoms with Gasteiger partial charge in [-0.3, -0.25) is 0 Å². The maximum Gasteiger partial charge on any atom is 0.287 e. The molecule has 3 nitrogen and oxygen atoms in total. The molecule has 124 valence electrons. The van der Waals surface area contributed by atoms with Crippen LogP contribution in [0.4, 0.5) is 0 Å². The summed E-state index contributed by atoms with van der Waals surface area (Å²) in [5.74, 6) is 0.296. The molecule has 0 bridgehead atoms. The lowest BCUT2D eigenvalue weighted by Crippen LogP contribution is -2.62. The lowest BCUT2D eigenvalue weighted by atomic mass is 9.71. The molecule has 0 spiro atoms. The van der Waals surface area contributed by atoms with Crippen LogP contribution >= 0.6 is 0 Å². The van der Waals surface area contributed by atoms with E-state index in [1.54, 1.807) is 0 Å². The minimum Gasteiger partial charge on any atom is -0.447 e. The molecule has 5 rings (SSSR count). The lowest BCUT2D eigenvalue weighted by molar-refractivity contribution is -0.264. The predicted molar refractivity (Wildman–Crippen MR) is 93.0 cm³/mol. The van der Waals surface area contributed by atoms with Gasteiger partial charge in [-0.2, -0.15) is 0 Å². The van der Waals surface area contributed by atoms with Crippen LogP contribution in [0.2, 0.25) is 0 Å². The number of rotatable bonds is 2. The number of ether oxygens (including phenoxy) is 2. The van der Waals surface area contributed by atoms with Crippen LogP contribution in [0.5, 0.6) is 5.75 Å². The van der Waals surface area contributed by atoms with Crippen molar-refractivity contribution in [3.05, 3.63) is 65.7 Å². The largest absolute Gasteiger partial charge is 0.447 e. The van der Waals surface area contributed by atoms with Crippen LogP contribution in [-0.4, -0.2) is 30.5 Å². The standard InChI is InChI=1S/C21H23NO2/c1-3-9-17(10-4-1)20-13-16-23-21(20,22-14-7-2-8-15-22)24-19-12-6-5-11-18(19)20/h1,3-6,9-12H,2,7-8,13-16H2. The van der Waals surface area contributed by atoms with Gasteiger partial charge in [0, 0.05) is 18.7 Å². The van der Waals surface area contributed by atoms with Gasteiger partial charge < -0.3 is 9.47 Å². The Morgan fingerprint density at radius 1 is 0.833 bits per heavy atom. The molecule has 2 aromatic rings. The van der Waals surface area contributed by atoms with E-state index in [2.05, 4.69) is 59.5 Å². The highest BCUT2D eigenvalue weighted by atomic mass is 16.7. The van der Waals surface area contributed by atoms with Crippen molar-refractivity contribution < 1.29 is 9.47 Å². The number of benzene rings is 2. The summed E-state index contributed by atoms with van der Waals surface area (Å²) in [4.78, 5) is 2.45. The molecule has 0 aliphatic carbocycles. The number of likely N-dealkylation sites (tertiary alicyclic amines) is 1. The Kier molecular flexibility index (Phi) is 3.22. The highest BCUT2D eigenvalue weighted by Crippen LogP contribution is 2.60. The highest BCUT2D eigenvalue weighted by molar-refractivity contribution is 5.54. The van der Waals surface area contributed by atoms with Crippen molar-refractivity contribution in [1.82, 2.24) is 4.90 Å². The molecule has 3 aliphatic rings. The molecule has 3 heteroatoms. The van der Waals surface area contributed by atoms with Crippen molar-refractivity contribution in [3.63, 3.8) is 0 Å². The van der Waals surface area contributed by atoms with Gasteiger partial charge in [-0.15, -0.1) is 0 Å². The maximum absolute atomic E-state index is 6.62. The highest BCUT2D eigenvalue weighted by Gasteiger charge is 2.68. The van der Waals surface area contributed by atoms with Gasteiger partial charge in [0.1, 0.15) is 11.2 Å². The molecule has 2 aromatic carbocycles. The van der Waals surface area contributed by atoms with Crippen LogP contribution in [0.1, 0.15) is 36.8 Å². The Morgan fingerprint density at radius 3 is 2.42 bits per heavy atom. The van der Waals surface area contributed by atoms with E-state index in [0.29, 0.717) is 0 Å². The molecule has 2 fully saturated rings. The van der Waals surface area contributed by atoms with E-state index in [4.69, 9.17) is 9.47 Å². The summed E-state index contributed by atoms with van der Waals surface area (Å²) in [6.07, 6.45) is 4.70. The number of piperidine rings is 1. The minimum atomic E-state index is -0.682. The van der Waals surface area contributed by atoms with Crippen molar-refractivity contribution in [1.29, 1.82) is 0 Å². The van der Waals surface area contributed by atoms with Crippen LogP contribution in [0, 0.1) is 0 Å². The van der Waals surface area contributed by atoms with Crippen molar-refractivity contribution in [3.8, 4) is 5.75 Å². The summed E-state index contributed by atoms with van der Waals surface area (Å²) in [7, 11) is 0. The number of nitrogens with zero attached hydrogens (tertiary/aromatic N) is 1. The summed E-state index contributed by atoms with van der Waals surface area (Å²) >= 11 is 0. The smallest absolute Gasteiger partial charge is 0.287 e. The monoisotopic (exact) mass is 321 g/mol. The molecule has 0 amide bonds. The van der Waals surface area contributed by atoms with E-state index in [1.807, 2.05) is 0 Å². The Labute approximate surface area is 143 Å². The van der Waals surface area contributed by atoms with Crippen molar-refractivity contribution >= 4 is 0 Å². The zero-order valence-electron chi connectivity index (χ0n) is 13.9. The fourth-order valence-electron chi connectivity index (χ4n) is 4.92. The third-order valence-corrected chi connectivity index (χ3v) is 5.95. The van der Waals surface area contributed by atoms with Crippen LogP contribution in [-0.2, 0) is 10.2 Å². The minimum absolute atomic E-state index is 0.234. The predicted octanol–water partition coefficient (Wildman–Crippen LogP) is 3.93. The molecule has 0 aromatic heterocycles. The third-order valence-electron chi connectivity index (χ3n) is 5.95. The average Bonchev–Trinajstić information content (AvgIpc) is 3.16. The Hall–Kier alpha value is -1.84. The molecule has 24 heavy (non-hydrogen) atoms. The third kappa shape index (κ3) is 1.74. The fraction of sp³-hybridized carbons (Fsp3) is 0.429. The first-order valence-electron chi connectivity index (χ1n) is 9.10. The first-order valence-corrected chi connectivity index (χ1v) is 9.10. The molecule has 0 N–H and O–H groups in total. The van der Waals surface area contributed by atoms with Gasteiger partial charge in [0.25, 0.3) is 5.91 Å². The van der Waals surface area contributed by atoms with Gasteiger partial charge in [-0.25, -0.2) is 4.90 Å². The van der Waals surface area contributed by atoms with Crippen LogP contribution in [0.3, 0.4) is 0 Å². The summed E-state index contributed by atoms with van der Waals surface area (Å²) in [5, 5.41) is 0. The molecule has 2 atom stereocenters. The summed E-state index contributed by atoms with van der Waals surface area (Å²) in [5.41, 5.74) is 2.35. The summed E-state index contributed by atoms with van der Waals surface area (Å²) < 4.78 is 13.1. The van der Waals surface area contributed by atoms with Crippen LogP contribution < -0.4 is 4.74 Å². The second-order valence-electron chi connectivity index (χ2n) is 7.10. The molecule has 0 radical (unpaired) electrons. The van der Waals surface area contributed by atoms with Crippen molar-refractivity contribution in [2.24, 2.45) is 0 Å². The molecule has 2 unspecified atom stereocenters. The fourth-order valence-corrected chi connectivity index (χ4v) is 4.92. The lowest BCUT2D eigenvalue weighted by Gasteiger charge is -2.46. The van der Waals surface area contributed by atoms with Gasteiger partial charge in [0.2, 0.25) is 0 Å². The van der Waals surface area contributed by atoms with Gasteiger partial charge in [-0.1, -0.05) is 55.0 Å². The number of hydrogen-bond acceptors (Lipinski definition) is 3. The van der Waals surface area contributed by atoms with E-state index in [9.17, 15) is 0 Å². The van der Waals surface area contributed by atoms with Crippen molar-refractivity contribution in [2.45, 2.75) is 37.0 Å². The molecule has 3 heterocycles. The quantitative estimate of drug-likeness (QED) is 0.837. The van der Waals surface area contributed by atoms with Crippen LogP contribution in [0.25, 0.3) is 0 Å². The molecule has 0 saturated carbocycles. The van der Waals surface area contributed by atoms with Crippen molar-refractivity contribution in [2.75, 3.05) is 19.7 Å². The molecular weight excluding hydrogens is 298 g/mol. The zero-order valence-corrected chi connectivity index (χ0v) is 13.9. The molecular formula is C21H23NO2. The van der Waals surface area contributed by atoms with Crippen LogP contribution in [0.15, 0.2) is 54.6 Å². The van der Waals surface area contributed by atoms with Gasteiger partial charge in [0.15, 0.2) is 0 Å². The number of para-hydroxylation sites is 1. The summed E-state index contributed by atoms with van der Waals surface area (Å²) in [6, 6.07) is 19.3. The van der Waals surface area contributed by atoms with Gasteiger partial charge >= 0.3 is 0 Å².